The van der Waals surface area contributed by atoms with Gasteiger partial charge in [-0.3, -0.25) is 4.98 Å². The molecule has 2 aliphatic rings. The minimum Gasteiger partial charge on any atom is -0.408 e. The number of hydrogen-bond acceptors (Lipinski definition) is 4. The number of H-pyrrole nitrogens is 1. The molecule has 1 saturated heterocycles. The normalized spacial score (nSPS) is 24.0. The van der Waals surface area contributed by atoms with Gasteiger partial charge >= 0.3 is 5.76 Å². The molecule has 5 heteroatoms. The highest BCUT2D eigenvalue weighted by Gasteiger charge is 2.53. The van der Waals surface area contributed by atoms with E-state index in [4.69, 9.17) is 4.42 Å². The van der Waals surface area contributed by atoms with Gasteiger partial charge in [-0.25, -0.2) is 4.79 Å². The summed E-state index contributed by atoms with van der Waals surface area (Å²) in [6, 6.07) is 17.1. The van der Waals surface area contributed by atoms with E-state index in [1.54, 1.807) is 0 Å². The molecule has 140 valence electrons. The molecular formula is C22H25N3O2. The van der Waals surface area contributed by atoms with Crippen LogP contribution in [0.2, 0.25) is 0 Å². The van der Waals surface area contributed by atoms with Crippen molar-refractivity contribution >= 4 is 16.8 Å². The predicted octanol–water partition coefficient (Wildman–Crippen LogP) is 3.53. The second kappa shape index (κ2) is 6.57. The Labute approximate surface area is 158 Å². The van der Waals surface area contributed by atoms with Gasteiger partial charge in [0.05, 0.1) is 5.52 Å². The van der Waals surface area contributed by atoms with E-state index in [1.165, 1.54) is 24.8 Å². The van der Waals surface area contributed by atoms with E-state index in [-0.39, 0.29) is 0 Å². The van der Waals surface area contributed by atoms with E-state index in [9.17, 15) is 4.79 Å². The molecule has 2 aromatic carbocycles. The number of rotatable bonds is 4. The average Bonchev–Trinajstić information content (AvgIpc) is 3.07. The van der Waals surface area contributed by atoms with Crippen LogP contribution in [0, 0.1) is 11.3 Å². The highest BCUT2D eigenvalue weighted by atomic mass is 16.4. The number of fused-ring (bicyclic) bond motifs is 1. The van der Waals surface area contributed by atoms with Gasteiger partial charge in [-0.2, -0.15) is 0 Å². The molecule has 0 radical (unpaired) electrons. The number of oxazole rings is 1. The first-order valence-electron chi connectivity index (χ1n) is 9.86. The van der Waals surface area contributed by atoms with Gasteiger partial charge in [-0.15, -0.1) is 0 Å². The standard InChI is InChI=1S/C22H25N3O2/c26-21-25-18-7-6-16(13-20(18)27-21)24-19-14-22(8-10-23-11-9-22)17(19)12-15-4-2-1-3-5-15/h1-7,13,17,19,23-24H,8-12,14H2,(H,25,26). The van der Waals surface area contributed by atoms with Crippen molar-refractivity contribution in [3.63, 3.8) is 0 Å². The van der Waals surface area contributed by atoms with Gasteiger partial charge in [-0.1, -0.05) is 30.3 Å². The molecule has 0 amide bonds. The smallest absolute Gasteiger partial charge is 0.408 e. The molecule has 3 aromatic rings. The van der Waals surface area contributed by atoms with Crippen molar-refractivity contribution in [1.82, 2.24) is 10.3 Å². The van der Waals surface area contributed by atoms with Gasteiger partial charge in [0, 0.05) is 17.8 Å². The van der Waals surface area contributed by atoms with Crippen LogP contribution in [-0.2, 0) is 6.42 Å². The van der Waals surface area contributed by atoms with Gasteiger partial charge in [0.15, 0.2) is 5.58 Å². The summed E-state index contributed by atoms with van der Waals surface area (Å²) in [5.74, 6) is 0.220. The van der Waals surface area contributed by atoms with E-state index in [2.05, 4.69) is 45.9 Å². The van der Waals surface area contributed by atoms with Crippen LogP contribution in [-0.4, -0.2) is 24.1 Å². The molecule has 0 bridgehead atoms. The van der Waals surface area contributed by atoms with Gasteiger partial charge < -0.3 is 15.1 Å². The molecule has 2 atom stereocenters. The molecular weight excluding hydrogens is 338 g/mol. The molecule has 1 aromatic heterocycles. The van der Waals surface area contributed by atoms with Crippen LogP contribution in [0.25, 0.3) is 11.1 Å². The molecule has 1 aliphatic carbocycles. The van der Waals surface area contributed by atoms with E-state index in [1.807, 2.05) is 18.2 Å². The molecule has 5 rings (SSSR count). The summed E-state index contributed by atoms with van der Waals surface area (Å²) in [5, 5.41) is 7.24. The van der Waals surface area contributed by atoms with Crippen LogP contribution >= 0.6 is 0 Å². The Balaban J connectivity index is 1.39. The largest absolute Gasteiger partial charge is 0.417 e. The number of aromatic amines is 1. The van der Waals surface area contributed by atoms with Crippen molar-refractivity contribution in [1.29, 1.82) is 0 Å². The fourth-order valence-electron chi connectivity index (χ4n) is 5.13. The fourth-order valence-corrected chi connectivity index (χ4v) is 5.13. The summed E-state index contributed by atoms with van der Waals surface area (Å²) in [6.07, 6.45) is 4.84. The lowest BCUT2D eigenvalue weighted by atomic mass is 9.51. The van der Waals surface area contributed by atoms with Crippen molar-refractivity contribution in [2.45, 2.75) is 31.7 Å². The monoisotopic (exact) mass is 363 g/mol. The lowest BCUT2D eigenvalue weighted by Crippen LogP contribution is -2.59. The number of hydrogen-bond donors (Lipinski definition) is 3. The van der Waals surface area contributed by atoms with Gasteiger partial charge in [0.2, 0.25) is 0 Å². The van der Waals surface area contributed by atoms with Gasteiger partial charge in [0.25, 0.3) is 0 Å². The Morgan fingerprint density at radius 3 is 2.74 bits per heavy atom. The Morgan fingerprint density at radius 1 is 1.11 bits per heavy atom. The zero-order chi connectivity index (χ0) is 18.3. The predicted molar refractivity (Wildman–Crippen MR) is 107 cm³/mol. The zero-order valence-electron chi connectivity index (χ0n) is 15.3. The molecule has 1 saturated carbocycles. The third kappa shape index (κ3) is 3.06. The first kappa shape index (κ1) is 16.6. The Bertz CT molecular complexity index is 985. The molecule has 5 nitrogen and oxygen atoms in total. The summed E-state index contributed by atoms with van der Waals surface area (Å²) < 4.78 is 5.21. The van der Waals surface area contributed by atoms with Crippen molar-refractivity contribution in [3.8, 4) is 0 Å². The molecule has 2 unspecified atom stereocenters. The zero-order valence-corrected chi connectivity index (χ0v) is 15.3. The molecule has 2 heterocycles. The highest BCUT2D eigenvalue weighted by Crippen LogP contribution is 2.55. The average molecular weight is 363 g/mol. The third-order valence-electron chi connectivity index (χ3n) is 6.57. The van der Waals surface area contributed by atoms with Gasteiger partial charge in [-0.05, 0) is 67.8 Å². The molecule has 3 N–H and O–H groups in total. The number of benzene rings is 2. The SMILES string of the molecule is O=c1[nH]c2ccc(NC3CC4(CCNCC4)C3Cc3ccccc3)cc2o1. The first-order chi connectivity index (χ1) is 13.2. The molecule has 1 aliphatic heterocycles. The van der Waals surface area contributed by atoms with Crippen LogP contribution in [0.3, 0.4) is 0 Å². The Morgan fingerprint density at radius 2 is 1.93 bits per heavy atom. The van der Waals surface area contributed by atoms with Crippen molar-refractivity contribution < 1.29 is 4.42 Å². The second-order valence-electron chi connectivity index (χ2n) is 8.09. The minimum absolute atomic E-state index is 0.401. The van der Waals surface area contributed by atoms with E-state index >= 15 is 0 Å². The van der Waals surface area contributed by atoms with Crippen LogP contribution in [0.5, 0.6) is 0 Å². The number of piperidine rings is 1. The van der Waals surface area contributed by atoms with E-state index in [0.717, 1.165) is 30.7 Å². The van der Waals surface area contributed by atoms with Crippen LogP contribution in [0.1, 0.15) is 24.8 Å². The van der Waals surface area contributed by atoms with Crippen molar-refractivity contribution in [2.75, 3.05) is 18.4 Å². The Hall–Kier alpha value is -2.53. The van der Waals surface area contributed by atoms with Crippen LogP contribution < -0.4 is 16.4 Å². The maximum Gasteiger partial charge on any atom is 0.417 e. The van der Waals surface area contributed by atoms with Crippen LogP contribution in [0.15, 0.2) is 57.7 Å². The number of nitrogens with one attached hydrogen (secondary N) is 3. The topological polar surface area (TPSA) is 70.1 Å². The summed E-state index contributed by atoms with van der Waals surface area (Å²) in [5.41, 5.74) is 4.25. The highest BCUT2D eigenvalue weighted by molar-refractivity contribution is 5.76. The fraction of sp³-hybridized carbons (Fsp3) is 0.409. The minimum atomic E-state index is -0.401. The third-order valence-corrected chi connectivity index (χ3v) is 6.57. The van der Waals surface area contributed by atoms with E-state index in [0.29, 0.717) is 23.0 Å². The lowest BCUT2D eigenvalue weighted by molar-refractivity contribution is -0.0161. The second-order valence-corrected chi connectivity index (χ2v) is 8.09. The molecule has 2 fully saturated rings. The first-order valence-corrected chi connectivity index (χ1v) is 9.86. The summed E-state index contributed by atoms with van der Waals surface area (Å²) in [7, 11) is 0. The number of aromatic nitrogens is 1. The molecule has 1 spiro atoms. The van der Waals surface area contributed by atoms with Gasteiger partial charge in [0.1, 0.15) is 0 Å². The Kier molecular flexibility index (Phi) is 4.05. The van der Waals surface area contributed by atoms with E-state index < -0.39 is 5.76 Å². The van der Waals surface area contributed by atoms with Crippen LogP contribution in [0.4, 0.5) is 5.69 Å². The van der Waals surface area contributed by atoms with Crippen molar-refractivity contribution in [2.24, 2.45) is 11.3 Å². The summed E-state index contributed by atoms with van der Waals surface area (Å²) >= 11 is 0. The molecule has 27 heavy (non-hydrogen) atoms. The lowest BCUT2D eigenvalue weighted by Gasteiger charge is -2.58. The summed E-state index contributed by atoms with van der Waals surface area (Å²) in [6.45, 7) is 2.25. The maximum absolute atomic E-state index is 11.4. The quantitative estimate of drug-likeness (QED) is 0.663. The van der Waals surface area contributed by atoms with Crippen molar-refractivity contribution in [3.05, 3.63) is 64.6 Å². The summed E-state index contributed by atoms with van der Waals surface area (Å²) in [4.78, 5) is 14.1. The number of anilines is 1. The maximum atomic E-state index is 11.4.